The summed E-state index contributed by atoms with van der Waals surface area (Å²) in [5, 5.41) is 10.6. The summed E-state index contributed by atoms with van der Waals surface area (Å²) >= 11 is 0. The predicted molar refractivity (Wildman–Crippen MR) is 62.0 cm³/mol. The lowest BCUT2D eigenvalue weighted by Gasteiger charge is -2.23. The van der Waals surface area contributed by atoms with Crippen LogP contribution < -0.4 is 10.5 Å². The molecule has 0 atom stereocenters. The lowest BCUT2D eigenvalue weighted by molar-refractivity contribution is -0.383. The van der Waals surface area contributed by atoms with E-state index in [2.05, 4.69) is 0 Å². The second-order valence-electron chi connectivity index (χ2n) is 3.91. The summed E-state index contributed by atoms with van der Waals surface area (Å²) in [7, 11) is 0. The van der Waals surface area contributed by atoms with E-state index in [1.165, 1.54) is 12.1 Å². The molecule has 1 aliphatic rings. The van der Waals surface area contributed by atoms with Crippen molar-refractivity contribution in [2.75, 3.05) is 18.9 Å². The molecule has 92 valence electrons. The number of hydrogen-bond donors (Lipinski definition) is 1. The number of nitrogen functional groups attached to an aromatic ring is 1. The predicted octanol–water partition coefficient (Wildman–Crippen LogP) is 1.73. The van der Waals surface area contributed by atoms with Crippen molar-refractivity contribution in [3.05, 3.63) is 28.3 Å². The highest BCUT2D eigenvalue weighted by atomic mass is 16.6. The zero-order chi connectivity index (χ0) is 12.3. The van der Waals surface area contributed by atoms with Crippen molar-refractivity contribution >= 4 is 11.4 Å². The summed E-state index contributed by atoms with van der Waals surface area (Å²) < 4.78 is 10.9. The fraction of sp³-hybridized carbons (Fsp3) is 0.455. The molecule has 0 spiro atoms. The van der Waals surface area contributed by atoms with Gasteiger partial charge in [0, 0.05) is 25.0 Å². The smallest absolute Gasteiger partial charge is 0.292 e. The average molecular weight is 238 g/mol. The molecule has 0 radical (unpaired) electrons. The van der Waals surface area contributed by atoms with Crippen molar-refractivity contribution in [1.82, 2.24) is 0 Å². The topological polar surface area (TPSA) is 87.6 Å². The third-order valence-corrected chi connectivity index (χ3v) is 2.67. The van der Waals surface area contributed by atoms with E-state index in [0.29, 0.717) is 19.0 Å². The van der Waals surface area contributed by atoms with E-state index in [1.807, 2.05) is 0 Å². The molecule has 1 fully saturated rings. The van der Waals surface area contributed by atoms with Gasteiger partial charge in [0.05, 0.1) is 18.1 Å². The molecule has 0 unspecified atom stereocenters. The molecule has 6 heteroatoms. The number of ether oxygens (including phenoxy) is 2. The van der Waals surface area contributed by atoms with E-state index in [1.54, 1.807) is 6.07 Å². The summed E-state index contributed by atoms with van der Waals surface area (Å²) in [4.78, 5) is 10.1. The molecular weight excluding hydrogens is 224 g/mol. The van der Waals surface area contributed by atoms with Gasteiger partial charge in [0.2, 0.25) is 0 Å². The Morgan fingerprint density at radius 1 is 1.41 bits per heavy atom. The second-order valence-corrected chi connectivity index (χ2v) is 3.91. The van der Waals surface area contributed by atoms with Gasteiger partial charge in [-0.15, -0.1) is 0 Å². The molecule has 2 N–H and O–H groups in total. The van der Waals surface area contributed by atoms with Gasteiger partial charge >= 0.3 is 0 Å². The van der Waals surface area contributed by atoms with Crippen LogP contribution in [-0.2, 0) is 4.74 Å². The molecule has 1 aliphatic heterocycles. The van der Waals surface area contributed by atoms with Crippen LogP contribution in [-0.4, -0.2) is 24.2 Å². The lowest BCUT2D eigenvalue weighted by Crippen LogP contribution is -2.25. The minimum absolute atomic E-state index is 0.0932. The zero-order valence-corrected chi connectivity index (χ0v) is 9.30. The van der Waals surface area contributed by atoms with Crippen LogP contribution in [0.1, 0.15) is 12.8 Å². The molecule has 2 rings (SSSR count). The van der Waals surface area contributed by atoms with Crippen molar-refractivity contribution < 1.29 is 14.4 Å². The summed E-state index contributed by atoms with van der Waals surface area (Å²) in [5.74, 6) is 0.569. The first kappa shape index (κ1) is 11.7. The van der Waals surface area contributed by atoms with E-state index >= 15 is 0 Å². The van der Waals surface area contributed by atoms with Crippen molar-refractivity contribution in [2.24, 2.45) is 0 Å². The minimum atomic E-state index is -0.506. The molecule has 0 aliphatic carbocycles. The van der Waals surface area contributed by atoms with Crippen LogP contribution in [0.25, 0.3) is 0 Å². The molecular formula is C11H14N2O4. The van der Waals surface area contributed by atoms with Crippen molar-refractivity contribution in [3.63, 3.8) is 0 Å². The van der Waals surface area contributed by atoms with E-state index in [9.17, 15) is 10.1 Å². The highest BCUT2D eigenvalue weighted by molar-refractivity contribution is 5.60. The van der Waals surface area contributed by atoms with Gasteiger partial charge in [0.15, 0.2) is 0 Å². The van der Waals surface area contributed by atoms with E-state index < -0.39 is 4.92 Å². The first-order chi connectivity index (χ1) is 8.16. The Balaban J connectivity index is 2.06. The monoisotopic (exact) mass is 238 g/mol. The maximum absolute atomic E-state index is 10.6. The number of anilines is 1. The quantitative estimate of drug-likeness (QED) is 0.492. The van der Waals surface area contributed by atoms with Gasteiger partial charge in [-0.05, 0) is 6.07 Å². The standard InChI is InChI=1S/C11H14N2O4/c12-10-7-9(1-2-11(10)13(14)15)17-8-3-5-16-6-4-8/h1-2,7-8H,3-6,12H2. The third-order valence-electron chi connectivity index (χ3n) is 2.67. The number of nitrogens with zero attached hydrogens (tertiary/aromatic N) is 1. The number of rotatable bonds is 3. The molecule has 6 nitrogen and oxygen atoms in total. The van der Waals surface area contributed by atoms with E-state index in [4.69, 9.17) is 15.2 Å². The Morgan fingerprint density at radius 3 is 2.71 bits per heavy atom. The first-order valence-electron chi connectivity index (χ1n) is 5.45. The van der Waals surface area contributed by atoms with Gasteiger partial charge < -0.3 is 15.2 Å². The van der Waals surface area contributed by atoms with Gasteiger partial charge in [-0.2, -0.15) is 0 Å². The molecule has 0 bridgehead atoms. The summed E-state index contributed by atoms with van der Waals surface area (Å²) in [6.45, 7) is 1.38. The van der Waals surface area contributed by atoms with Crippen molar-refractivity contribution in [3.8, 4) is 5.75 Å². The molecule has 1 aromatic carbocycles. The maximum Gasteiger partial charge on any atom is 0.292 e. The summed E-state index contributed by atoms with van der Waals surface area (Å²) in [5.41, 5.74) is 5.61. The van der Waals surface area contributed by atoms with Gasteiger partial charge in [-0.1, -0.05) is 0 Å². The van der Waals surface area contributed by atoms with Gasteiger partial charge in [-0.25, -0.2) is 0 Å². The highest BCUT2D eigenvalue weighted by Crippen LogP contribution is 2.27. The van der Waals surface area contributed by atoms with Crippen molar-refractivity contribution in [1.29, 1.82) is 0 Å². The second kappa shape index (κ2) is 5.01. The van der Waals surface area contributed by atoms with Crippen LogP contribution in [0.15, 0.2) is 18.2 Å². The fourth-order valence-corrected chi connectivity index (χ4v) is 1.76. The zero-order valence-electron chi connectivity index (χ0n) is 9.30. The minimum Gasteiger partial charge on any atom is -0.490 e. The molecule has 1 heterocycles. The van der Waals surface area contributed by atoms with E-state index in [0.717, 1.165) is 12.8 Å². The van der Waals surface area contributed by atoms with Crippen LogP contribution in [0, 0.1) is 10.1 Å². The van der Waals surface area contributed by atoms with E-state index in [-0.39, 0.29) is 17.5 Å². The number of nitrogens with two attached hydrogens (primary N) is 1. The Kier molecular flexibility index (Phi) is 3.43. The molecule has 0 amide bonds. The number of nitro benzene ring substituents is 1. The Hall–Kier alpha value is -1.82. The summed E-state index contributed by atoms with van der Waals surface area (Å²) in [6.07, 6.45) is 1.76. The van der Waals surface area contributed by atoms with Crippen LogP contribution in [0.3, 0.4) is 0 Å². The molecule has 0 aromatic heterocycles. The number of hydrogen-bond acceptors (Lipinski definition) is 5. The van der Waals surface area contributed by atoms with Gasteiger partial charge in [0.25, 0.3) is 5.69 Å². The third kappa shape index (κ3) is 2.85. The SMILES string of the molecule is Nc1cc(OC2CCOCC2)ccc1[N+](=O)[O-]. The average Bonchev–Trinajstić information content (AvgIpc) is 2.30. The van der Waals surface area contributed by atoms with Crippen LogP contribution >= 0.6 is 0 Å². The first-order valence-corrected chi connectivity index (χ1v) is 5.45. The number of nitro groups is 1. The molecule has 1 aromatic rings. The van der Waals surface area contributed by atoms with Crippen LogP contribution in [0.4, 0.5) is 11.4 Å². The summed E-state index contributed by atoms with van der Waals surface area (Å²) in [6, 6.07) is 4.43. The Labute approximate surface area is 98.5 Å². The fourth-order valence-electron chi connectivity index (χ4n) is 1.76. The van der Waals surface area contributed by atoms with Gasteiger partial charge in [-0.3, -0.25) is 10.1 Å². The number of benzene rings is 1. The largest absolute Gasteiger partial charge is 0.490 e. The normalized spacial score (nSPS) is 16.7. The van der Waals surface area contributed by atoms with Crippen molar-refractivity contribution in [2.45, 2.75) is 18.9 Å². The molecule has 17 heavy (non-hydrogen) atoms. The molecule has 0 saturated carbocycles. The molecule has 1 saturated heterocycles. The maximum atomic E-state index is 10.6. The lowest BCUT2D eigenvalue weighted by atomic mass is 10.1. The highest BCUT2D eigenvalue weighted by Gasteiger charge is 2.17. The Bertz CT molecular complexity index is 416. The van der Waals surface area contributed by atoms with Gasteiger partial charge in [0.1, 0.15) is 17.5 Å². The van der Waals surface area contributed by atoms with Crippen LogP contribution in [0.5, 0.6) is 5.75 Å². The van der Waals surface area contributed by atoms with Crippen LogP contribution in [0.2, 0.25) is 0 Å². The Morgan fingerprint density at radius 2 is 2.12 bits per heavy atom.